The summed E-state index contributed by atoms with van der Waals surface area (Å²) in [6, 6.07) is -1.92. The second-order valence-corrected chi connectivity index (χ2v) is 3.91. The Hall–Kier alpha value is -2.65. The molecule has 0 saturated carbocycles. The molecular formula is C10H15N5O5. The van der Waals surface area contributed by atoms with Crippen LogP contribution in [0.2, 0.25) is 0 Å². The highest BCUT2D eigenvalue weighted by atomic mass is 16.4. The summed E-state index contributed by atoms with van der Waals surface area (Å²) in [5.74, 6) is -1.81. The number of aromatic amines is 1. The maximum Gasteiger partial charge on any atom is 0.326 e. The van der Waals surface area contributed by atoms with Crippen LogP contribution in [0.25, 0.3) is 0 Å². The number of amides is 2. The van der Waals surface area contributed by atoms with Crippen molar-refractivity contribution in [1.29, 1.82) is 0 Å². The zero-order chi connectivity index (χ0) is 15.0. The second-order valence-electron chi connectivity index (χ2n) is 3.91. The number of carbonyl (C=O) groups excluding carboxylic acids is 1. The van der Waals surface area contributed by atoms with Crippen LogP contribution in [0.1, 0.15) is 18.7 Å². The number of H-pyrrole nitrogens is 1. The summed E-state index contributed by atoms with van der Waals surface area (Å²) in [5.41, 5.74) is 0. The first-order valence-corrected chi connectivity index (χ1v) is 5.82. The molecule has 0 aliphatic rings. The van der Waals surface area contributed by atoms with Gasteiger partial charge in [-0.1, -0.05) is 0 Å². The molecule has 1 aromatic rings. The summed E-state index contributed by atoms with van der Waals surface area (Å²) in [7, 11) is 0. The lowest BCUT2D eigenvalue weighted by molar-refractivity contribution is -0.140. The van der Waals surface area contributed by atoms with Gasteiger partial charge in [0.2, 0.25) is 0 Å². The summed E-state index contributed by atoms with van der Waals surface area (Å²) in [5, 5.41) is 28.2. The lowest BCUT2D eigenvalue weighted by Crippen LogP contribution is -2.46. The van der Waals surface area contributed by atoms with E-state index in [4.69, 9.17) is 10.2 Å². The van der Waals surface area contributed by atoms with Gasteiger partial charge in [-0.15, -0.1) is 0 Å². The average Bonchev–Trinajstić information content (AvgIpc) is 2.87. The lowest BCUT2D eigenvalue weighted by atomic mass is 10.1. The van der Waals surface area contributed by atoms with Crippen LogP contribution in [-0.4, -0.2) is 56.0 Å². The number of aliphatic carboxylic acids is 2. The summed E-state index contributed by atoms with van der Waals surface area (Å²) in [6.45, 7) is 0.242. The highest BCUT2D eigenvalue weighted by molar-refractivity contribution is 5.82. The largest absolute Gasteiger partial charge is 0.481 e. The van der Waals surface area contributed by atoms with Crippen LogP contribution >= 0.6 is 0 Å². The maximum absolute atomic E-state index is 11.5. The van der Waals surface area contributed by atoms with Crippen molar-refractivity contribution in [3.05, 3.63) is 12.2 Å². The van der Waals surface area contributed by atoms with Gasteiger partial charge in [0.25, 0.3) is 0 Å². The Balaban J connectivity index is 2.30. The number of carboxylic acid groups (broad SMARTS) is 2. The minimum atomic E-state index is -1.28. The number of aromatic nitrogens is 3. The summed E-state index contributed by atoms with van der Waals surface area (Å²) >= 11 is 0. The van der Waals surface area contributed by atoms with Gasteiger partial charge in [0.15, 0.2) is 0 Å². The molecule has 110 valence electrons. The van der Waals surface area contributed by atoms with Gasteiger partial charge in [-0.05, 0) is 6.42 Å². The van der Waals surface area contributed by atoms with E-state index in [-0.39, 0.29) is 19.4 Å². The van der Waals surface area contributed by atoms with Crippen LogP contribution in [0, 0.1) is 0 Å². The normalized spacial score (nSPS) is 11.6. The van der Waals surface area contributed by atoms with Crippen LogP contribution in [0.5, 0.6) is 0 Å². The van der Waals surface area contributed by atoms with Gasteiger partial charge < -0.3 is 20.8 Å². The van der Waals surface area contributed by atoms with Gasteiger partial charge in [-0.3, -0.25) is 9.89 Å². The van der Waals surface area contributed by atoms with Crippen LogP contribution in [0.4, 0.5) is 4.79 Å². The smallest absolute Gasteiger partial charge is 0.326 e. The highest BCUT2D eigenvalue weighted by Gasteiger charge is 2.20. The number of hydrogen-bond donors (Lipinski definition) is 5. The summed E-state index contributed by atoms with van der Waals surface area (Å²) in [4.78, 5) is 36.5. The van der Waals surface area contributed by atoms with Gasteiger partial charge in [-0.25, -0.2) is 14.6 Å². The van der Waals surface area contributed by atoms with Crippen molar-refractivity contribution in [3.8, 4) is 0 Å². The minimum absolute atomic E-state index is 0.180. The van der Waals surface area contributed by atoms with Crippen LogP contribution in [0.15, 0.2) is 6.33 Å². The molecule has 1 rings (SSSR count). The van der Waals surface area contributed by atoms with Crippen LogP contribution in [0.3, 0.4) is 0 Å². The molecule has 0 saturated heterocycles. The third-order valence-corrected chi connectivity index (χ3v) is 2.36. The topological polar surface area (TPSA) is 157 Å². The Morgan fingerprint density at radius 3 is 2.65 bits per heavy atom. The van der Waals surface area contributed by atoms with E-state index >= 15 is 0 Å². The van der Waals surface area contributed by atoms with E-state index < -0.39 is 24.0 Å². The van der Waals surface area contributed by atoms with Crippen molar-refractivity contribution >= 4 is 18.0 Å². The molecule has 1 heterocycles. The minimum Gasteiger partial charge on any atom is -0.481 e. The van der Waals surface area contributed by atoms with Crippen LogP contribution in [-0.2, 0) is 16.0 Å². The molecule has 10 heteroatoms. The van der Waals surface area contributed by atoms with E-state index in [0.29, 0.717) is 12.2 Å². The molecule has 0 aliphatic carbocycles. The second kappa shape index (κ2) is 7.71. The van der Waals surface area contributed by atoms with Crippen molar-refractivity contribution in [2.24, 2.45) is 0 Å². The molecule has 0 bridgehead atoms. The van der Waals surface area contributed by atoms with E-state index in [2.05, 4.69) is 25.8 Å². The quantitative estimate of drug-likeness (QED) is 0.408. The summed E-state index contributed by atoms with van der Waals surface area (Å²) < 4.78 is 0. The molecule has 5 N–H and O–H groups in total. The zero-order valence-electron chi connectivity index (χ0n) is 10.5. The molecule has 0 aliphatic heterocycles. The SMILES string of the molecule is O=C(O)CCC(NC(=O)NCCc1ncn[nH]1)C(=O)O. The number of nitrogens with one attached hydrogen (secondary N) is 3. The molecule has 1 atom stereocenters. The van der Waals surface area contributed by atoms with Gasteiger partial charge in [-0.2, -0.15) is 5.10 Å². The fourth-order valence-corrected chi connectivity index (χ4v) is 1.38. The fraction of sp³-hybridized carbons (Fsp3) is 0.500. The monoisotopic (exact) mass is 285 g/mol. The van der Waals surface area contributed by atoms with Gasteiger partial charge >= 0.3 is 18.0 Å². The van der Waals surface area contributed by atoms with E-state index in [1.54, 1.807) is 0 Å². The van der Waals surface area contributed by atoms with E-state index in [0.717, 1.165) is 0 Å². The fourth-order valence-electron chi connectivity index (χ4n) is 1.38. The van der Waals surface area contributed by atoms with Crippen molar-refractivity contribution in [2.75, 3.05) is 6.54 Å². The van der Waals surface area contributed by atoms with Crippen LogP contribution < -0.4 is 10.6 Å². The number of carboxylic acids is 2. The molecule has 0 fully saturated rings. The van der Waals surface area contributed by atoms with Crippen molar-refractivity contribution < 1.29 is 24.6 Å². The Labute approximate surface area is 113 Å². The van der Waals surface area contributed by atoms with E-state index in [9.17, 15) is 14.4 Å². The molecule has 20 heavy (non-hydrogen) atoms. The van der Waals surface area contributed by atoms with Gasteiger partial charge in [0.05, 0.1) is 0 Å². The van der Waals surface area contributed by atoms with Gasteiger partial charge in [0.1, 0.15) is 18.2 Å². The number of rotatable bonds is 8. The first kappa shape index (κ1) is 15.4. The Bertz CT molecular complexity index is 461. The zero-order valence-corrected chi connectivity index (χ0v) is 10.5. The van der Waals surface area contributed by atoms with Gasteiger partial charge in [0, 0.05) is 19.4 Å². The molecule has 1 aromatic heterocycles. The first-order chi connectivity index (χ1) is 9.49. The Kier molecular flexibility index (Phi) is 5.94. The molecule has 0 radical (unpaired) electrons. The number of nitrogens with zero attached hydrogens (tertiary/aromatic N) is 2. The Morgan fingerprint density at radius 2 is 2.10 bits per heavy atom. The lowest BCUT2D eigenvalue weighted by Gasteiger charge is -2.14. The summed E-state index contributed by atoms with van der Waals surface area (Å²) in [6.07, 6.45) is 1.23. The maximum atomic E-state index is 11.5. The molecule has 2 amide bonds. The molecule has 10 nitrogen and oxygen atoms in total. The number of hydrogen-bond acceptors (Lipinski definition) is 5. The molecule has 0 aromatic carbocycles. The third-order valence-electron chi connectivity index (χ3n) is 2.36. The van der Waals surface area contributed by atoms with Crippen molar-refractivity contribution in [2.45, 2.75) is 25.3 Å². The average molecular weight is 285 g/mol. The van der Waals surface area contributed by atoms with E-state index in [1.807, 2.05) is 0 Å². The Morgan fingerprint density at radius 1 is 1.35 bits per heavy atom. The standard InChI is InChI=1S/C10H15N5O5/c16-8(17)2-1-6(9(18)19)14-10(20)11-4-3-7-12-5-13-15-7/h5-6H,1-4H2,(H,16,17)(H,18,19)(H2,11,14,20)(H,12,13,15). The number of carbonyl (C=O) groups is 3. The van der Waals surface area contributed by atoms with E-state index in [1.165, 1.54) is 6.33 Å². The predicted octanol–water partition coefficient (Wildman–Crippen LogP) is -1.04. The first-order valence-electron chi connectivity index (χ1n) is 5.82. The molecular weight excluding hydrogens is 270 g/mol. The molecule has 1 unspecified atom stereocenters. The number of urea groups is 1. The van der Waals surface area contributed by atoms with Crippen molar-refractivity contribution in [1.82, 2.24) is 25.8 Å². The highest BCUT2D eigenvalue weighted by Crippen LogP contribution is 1.98. The predicted molar refractivity (Wildman–Crippen MR) is 64.9 cm³/mol. The third kappa shape index (κ3) is 5.80. The molecule has 0 spiro atoms. The van der Waals surface area contributed by atoms with Crippen molar-refractivity contribution in [3.63, 3.8) is 0 Å².